The van der Waals surface area contributed by atoms with Gasteiger partial charge in [-0.25, -0.2) is 0 Å². The van der Waals surface area contributed by atoms with Gasteiger partial charge < -0.3 is 28.4 Å². The second-order valence-corrected chi connectivity index (χ2v) is 6.51. The monoisotopic (exact) mass is 426 g/mol. The highest BCUT2D eigenvalue weighted by molar-refractivity contribution is 6.17. The van der Waals surface area contributed by atoms with Crippen LogP contribution in [0.2, 0.25) is 0 Å². The largest absolute Gasteiger partial charge is 0.463 e. The molecular weight excluding hydrogens is 388 g/mol. The molecule has 0 bridgehead atoms. The molecule has 0 atom stereocenters. The Morgan fingerprint density at radius 2 is 1.04 bits per heavy atom. The number of hydrogen-bond acceptors (Lipinski definition) is 7. The minimum atomic E-state index is -0.139. The van der Waals surface area contributed by atoms with E-state index in [1.54, 1.807) is 0 Å². The van der Waals surface area contributed by atoms with E-state index in [2.05, 4.69) is 6.92 Å². The van der Waals surface area contributed by atoms with Crippen LogP contribution in [0.5, 0.6) is 0 Å². The first-order chi connectivity index (χ1) is 13.8. The van der Waals surface area contributed by atoms with Gasteiger partial charge in [0, 0.05) is 12.3 Å². The summed E-state index contributed by atoms with van der Waals surface area (Å²) in [6.45, 7) is 7.56. The Morgan fingerprint density at radius 1 is 0.607 bits per heavy atom. The molecule has 28 heavy (non-hydrogen) atoms. The first-order valence-electron chi connectivity index (χ1n) is 10.4. The molecule has 0 saturated heterocycles. The average molecular weight is 427 g/mol. The van der Waals surface area contributed by atoms with Crippen molar-refractivity contribution in [3.8, 4) is 0 Å². The Bertz CT molecular complexity index is 319. The molecule has 168 valence electrons. The highest BCUT2D eigenvalue weighted by atomic mass is 35.5. The molecule has 0 N–H and O–H groups in total. The van der Waals surface area contributed by atoms with Crippen LogP contribution in [0.4, 0.5) is 0 Å². The van der Waals surface area contributed by atoms with Gasteiger partial charge in [0.05, 0.1) is 66.1 Å². The van der Waals surface area contributed by atoms with Crippen molar-refractivity contribution in [1.29, 1.82) is 0 Å². The van der Waals surface area contributed by atoms with Crippen LogP contribution in [0, 0.1) is 0 Å². The Kier molecular flexibility index (Phi) is 24.2. The van der Waals surface area contributed by atoms with E-state index in [0.717, 1.165) is 12.8 Å². The molecule has 0 amide bonds. The zero-order valence-electron chi connectivity index (χ0n) is 17.5. The number of carbonyl (C=O) groups is 1. The molecule has 0 heterocycles. The zero-order chi connectivity index (χ0) is 20.5. The SMILES string of the molecule is CCCCCCCC(=O)OCCOCCOCCOCCOCCOCCCl. The van der Waals surface area contributed by atoms with Crippen LogP contribution in [0.25, 0.3) is 0 Å². The van der Waals surface area contributed by atoms with Crippen LogP contribution in [-0.2, 0) is 33.2 Å². The summed E-state index contributed by atoms with van der Waals surface area (Å²) in [7, 11) is 0. The number of hydrogen-bond donors (Lipinski definition) is 0. The lowest BCUT2D eigenvalue weighted by Crippen LogP contribution is -2.15. The summed E-state index contributed by atoms with van der Waals surface area (Å²) in [5.74, 6) is 0.362. The molecule has 0 spiro atoms. The topological polar surface area (TPSA) is 72.5 Å². The molecule has 0 aliphatic heterocycles. The number of halogens is 1. The van der Waals surface area contributed by atoms with E-state index in [1.165, 1.54) is 19.3 Å². The Balaban J connectivity index is 3.09. The molecule has 0 aromatic carbocycles. The van der Waals surface area contributed by atoms with Crippen LogP contribution < -0.4 is 0 Å². The number of unbranched alkanes of at least 4 members (excludes halogenated alkanes) is 4. The fourth-order valence-corrected chi connectivity index (χ4v) is 2.30. The first-order valence-corrected chi connectivity index (χ1v) is 10.9. The van der Waals surface area contributed by atoms with E-state index in [9.17, 15) is 4.79 Å². The lowest BCUT2D eigenvalue weighted by molar-refractivity contribution is -0.145. The third-order valence-electron chi connectivity index (χ3n) is 3.68. The molecule has 7 nitrogen and oxygen atoms in total. The maximum absolute atomic E-state index is 11.5. The van der Waals surface area contributed by atoms with Crippen LogP contribution in [0.15, 0.2) is 0 Å². The van der Waals surface area contributed by atoms with Crippen LogP contribution in [0.3, 0.4) is 0 Å². The van der Waals surface area contributed by atoms with Gasteiger partial charge in [0.15, 0.2) is 0 Å². The summed E-state index contributed by atoms with van der Waals surface area (Å²) in [5.41, 5.74) is 0. The van der Waals surface area contributed by atoms with E-state index in [4.69, 9.17) is 40.0 Å². The van der Waals surface area contributed by atoms with E-state index < -0.39 is 0 Å². The molecule has 0 radical (unpaired) electrons. The molecule has 8 heteroatoms. The van der Waals surface area contributed by atoms with E-state index in [1.807, 2.05) is 0 Å². The highest BCUT2D eigenvalue weighted by Gasteiger charge is 2.02. The van der Waals surface area contributed by atoms with Crippen molar-refractivity contribution in [3.63, 3.8) is 0 Å². The Labute approximate surface area is 175 Å². The minimum Gasteiger partial charge on any atom is -0.463 e. The van der Waals surface area contributed by atoms with Crippen molar-refractivity contribution in [1.82, 2.24) is 0 Å². The molecule has 0 aliphatic rings. The van der Waals surface area contributed by atoms with E-state index >= 15 is 0 Å². The number of esters is 1. The second kappa shape index (κ2) is 24.6. The molecule has 0 aliphatic carbocycles. The van der Waals surface area contributed by atoms with Gasteiger partial charge in [-0.1, -0.05) is 32.6 Å². The molecule has 0 saturated carbocycles. The number of ether oxygens (including phenoxy) is 6. The smallest absolute Gasteiger partial charge is 0.305 e. The number of alkyl halides is 1. The summed E-state index contributed by atoms with van der Waals surface area (Å²) in [5, 5.41) is 0. The van der Waals surface area contributed by atoms with Crippen molar-refractivity contribution in [2.24, 2.45) is 0 Å². The van der Waals surface area contributed by atoms with Gasteiger partial charge in [0.1, 0.15) is 6.61 Å². The quantitative estimate of drug-likeness (QED) is 0.141. The molecule has 0 aromatic rings. The molecule has 0 aromatic heterocycles. The van der Waals surface area contributed by atoms with E-state index in [0.29, 0.717) is 85.0 Å². The van der Waals surface area contributed by atoms with Gasteiger partial charge in [-0.05, 0) is 6.42 Å². The van der Waals surface area contributed by atoms with Gasteiger partial charge in [-0.2, -0.15) is 0 Å². The lowest BCUT2D eigenvalue weighted by atomic mass is 10.1. The van der Waals surface area contributed by atoms with Crippen molar-refractivity contribution >= 4 is 17.6 Å². The maximum Gasteiger partial charge on any atom is 0.305 e. The fraction of sp³-hybridized carbons (Fsp3) is 0.950. The predicted molar refractivity (Wildman–Crippen MR) is 109 cm³/mol. The van der Waals surface area contributed by atoms with Gasteiger partial charge in [0.25, 0.3) is 0 Å². The average Bonchev–Trinajstić information content (AvgIpc) is 2.70. The maximum atomic E-state index is 11.5. The molecule has 0 fully saturated rings. The third-order valence-corrected chi connectivity index (χ3v) is 3.84. The van der Waals surface area contributed by atoms with Gasteiger partial charge in [-0.3, -0.25) is 4.79 Å². The normalized spacial score (nSPS) is 11.1. The van der Waals surface area contributed by atoms with Crippen molar-refractivity contribution in [2.45, 2.75) is 45.4 Å². The second-order valence-electron chi connectivity index (χ2n) is 6.14. The summed E-state index contributed by atoms with van der Waals surface area (Å²) < 4.78 is 31.7. The fourth-order valence-electron chi connectivity index (χ4n) is 2.20. The summed E-state index contributed by atoms with van der Waals surface area (Å²) in [6, 6.07) is 0. The Hall–Kier alpha value is -0.440. The predicted octanol–water partition coefficient (Wildman–Crippen LogP) is 3.21. The number of carbonyl (C=O) groups excluding carboxylic acids is 1. The van der Waals surface area contributed by atoms with Gasteiger partial charge in [0.2, 0.25) is 0 Å². The van der Waals surface area contributed by atoms with Crippen LogP contribution in [-0.4, -0.2) is 84.5 Å². The summed E-state index contributed by atoms with van der Waals surface area (Å²) in [4.78, 5) is 11.5. The minimum absolute atomic E-state index is 0.139. The molecular formula is C20H39ClO7. The standard InChI is InChI=1S/C20H39ClO7/c1-2-3-4-5-6-7-20(22)28-19-18-27-17-16-26-15-14-25-13-12-24-11-10-23-9-8-21/h2-19H2,1H3. The Morgan fingerprint density at radius 3 is 1.50 bits per heavy atom. The number of rotatable bonds is 23. The van der Waals surface area contributed by atoms with Crippen LogP contribution in [0.1, 0.15) is 45.4 Å². The zero-order valence-corrected chi connectivity index (χ0v) is 18.2. The molecule has 0 rings (SSSR count). The summed E-state index contributed by atoms with van der Waals surface area (Å²) >= 11 is 5.48. The molecule has 0 unspecified atom stereocenters. The highest BCUT2D eigenvalue weighted by Crippen LogP contribution is 2.05. The van der Waals surface area contributed by atoms with Gasteiger partial charge >= 0.3 is 5.97 Å². The van der Waals surface area contributed by atoms with E-state index in [-0.39, 0.29) is 5.97 Å². The van der Waals surface area contributed by atoms with Crippen molar-refractivity contribution < 1.29 is 33.2 Å². The summed E-state index contributed by atoms with van der Waals surface area (Å²) in [6.07, 6.45) is 6.13. The van der Waals surface area contributed by atoms with Crippen molar-refractivity contribution in [3.05, 3.63) is 0 Å². The third kappa shape index (κ3) is 23.6. The first kappa shape index (κ1) is 27.6. The lowest BCUT2D eigenvalue weighted by Gasteiger charge is -2.08. The van der Waals surface area contributed by atoms with Gasteiger partial charge in [-0.15, -0.1) is 11.6 Å². The van der Waals surface area contributed by atoms with Crippen LogP contribution >= 0.6 is 11.6 Å². The van der Waals surface area contributed by atoms with Crippen molar-refractivity contribution in [2.75, 3.05) is 78.6 Å².